The number of hydrogen-bond donors (Lipinski definition) is 0. The predicted molar refractivity (Wildman–Crippen MR) is 214 cm³/mol. The molecule has 0 aliphatic rings. The second-order valence-corrected chi connectivity index (χ2v) is 12.5. The summed E-state index contributed by atoms with van der Waals surface area (Å²) in [7, 11) is 0. The van der Waals surface area contributed by atoms with E-state index >= 15 is 0 Å². The Labute approximate surface area is 322 Å². The Balaban J connectivity index is 0.000000262. The van der Waals surface area contributed by atoms with Gasteiger partial charge in [0.25, 0.3) is 0 Å². The Kier molecular flexibility index (Phi) is 9.59. The van der Waals surface area contributed by atoms with Gasteiger partial charge in [-0.25, -0.2) is 0 Å². The molecule has 0 saturated carbocycles. The Bertz CT molecular complexity index is 2700. The van der Waals surface area contributed by atoms with Crippen molar-refractivity contribution in [2.75, 3.05) is 0 Å². The van der Waals surface area contributed by atoms with Gasteiger partial charge >= 0.3 is 0 Å². The monoisotopic (exact) mass is 857 g/mol. The third kappa shape index (κ3) is 6.60. The number of rotatable bonds is 5. The van der Waals surface area contributed by atoms with E-state index in [1.54, 1.807) is 6.20 Å². The Morgan fingerprint density at radius 1 is 0.434 bits per heavy atom. The number of pyridine rings is 1. The van der Waals surface area contributed by atoms with Crippen LogP contribution in [0.5, 0.6) is 0 Å². The zero-order valence-electron chi connectivity index (χ0n) is 28.6. The largest absolute Gasteiger partial charge is 0.333 e. The minimum absolute atomic E-state index is 0. The fourth-order valence-corrected chi connectivity index (χ4v) is 6.92. The maximum atomic E-state index is 5.05. The van der Waals surface area contributed by atoms with E-state index in [1.807, 2.05) is 60.7 Å². The van der Waals surface area contributed by atoms with Crippen LogP contribution in [-0.4, -0.2) is 19.1 Å². The third-order valence-corrected chi connectivity index (χ3v) is 9.29. The number of benzene rings is 7. The molecule has 0 saturated heterocycles. The Morgan fingerprint density at radius 2 is 1.08 bits per heavy atom. The standard InChI is InChI=1S/C37H24N3.C11H8N.Ir/c1-2-15-29(16-3-1)40-36-23-9-6-20-33(36)38-37(40)28-14-10-12-26(24-28)27-13-11-17-30(25-27)39-34-21-7-4-18-31(34)32-19-5-8-22-35(32)39;1-2-6-10(7-3-1)11-8-4-5-9-12-11;/h1-13,15-25H;1-6,8-9H;/q2*-1;. The molecular weight excluding hydrogens is 825 g/mol. The first kappa shape index (κ1) is 33.7. The van der Waals surface area contributed by atoms with E-state index in [0.717, 1.165) is 56.2 Å². The van der Waals surface area contributed by atoms with E-state index in [9.17, 15) is 0 Å². The SMILES string of the molecule is [Ir].[c-]1ccc(-c2cccc(-n3c4ccccc4c4ccccc43)c2)cc1-c1nc2ccccc2n1-c1ccccc1.[c-]1ccccc1-c1ccccn1. The predicted octanol–water partition coefficient (Wildman–Crippen LogP) is 11.8. The molecule has 3 heterocycles. The van der Waals surface area contributed by atoms with Crippen molar-refractivity contribution in [2.45, 2.75) is 0 Å². The van der Waals surface area contributed by atoms with Crippen LogP contribution in [0.1, 0.15) is 0 Å². The van der Waals surface area contributed by atoms with E-state index in [-0.39, 0.29) is 20.1 Å². The summed E-state index contributed by atoms with van der Waals surface area (Å²) in [6.45, 7) is 0. The van der Waals surface area contributed by atoms with Gasteiger partial charge in [0.15, 0.2) is 0 Å². The topological polar surface area (TPSA) is 35.6 Å². The van der Waals surface area contributed by atoms with Crippen LogP contribution >= 0.6 is 0 Å². The summed E-state index contributed by atoms with van der Waals surface area (Å²) in [4.78, 5) is 9.27. The first-order chi connectivity index (χ1) is 25.8. The quantitative estimate of drug-likeness (QED) is 0.162. The van der Waals surface area contributed by atoms with Gasteiger partial charge in [-0.2, -0.15) is 0 Å². The van der Waals surface area contributed by atoms with Gasteiger partial charge in [0.1, 0.15) is 0 Å². The molecule has 3 aromatic heterocycles. The molecule has 255 valence electrons. The number of imidazole rings is 1. The summed E-state index contributed by atoms with van der Waals surface area (Å²) in [6.07, 6.45) is 1.79. The molecule has 7 aromatic carbocycles. The van der Waals surface area contributed by atoms with Crippen LogP contribution in [0.2, 0.25) is 0 Å². The van der Waals surface area contributed by atoms with Gasteiger partial charge in [-0.15, -0.1) is 71.3 Å². The molecule has 0 spiro atoms. The summed E-state index contributed by atoms with van der Waals surface area (Å²) < 4.78 is 4.58. The Hall–Kier alpha value is -6.39. The molecule has 0 atom stereocenters. The van der Waals surface area contributed by atoms with Gasteiger partial charge in [0.2, 0.25) is 0 Å². The maximum Gasteiger partial charge on any atom is 0.0774 e. The van der Waals surface area contributed by atoms with E-state index < -0.39 is 0 Å². The molecule has 0 amide bonds. The Morgan fingerprint density at radius 3 is 1.81 bits per heavy atom. The summed E-state index contributed by atoms with van der Waals surface area (Å²) in [5.41, 5.74) is 11.9. The summed E-state index contributed by atoms with van der Waals surface area (Å²) >= 11 is 0. The van der Waals surface area contributed by atoms with Gasteiger partial charge < -0.3 is 14.1 Å². The van der Waals surface area contributed by atoms with Crippen molar-refractivity contribution in [3.63, 3.8) is 0 Å². The van der Waals surface area contributed by atoms with Crippen LogP contribution in [0.15, 0.2) is 194 Å². The molecule has 53 heavy (non-hydrogen) atoms. The van der Waals surface area contributed by atoms with Crippen LogP contribution in [-0.2, 0) is 20.1 Å². The second-order valence-electron chi connectivity index (χ2n) is 12.5. The fraction of sp³-hybridized carbons (Fsp3) is 0. The normalized spacial score (nSPS) is 10.9. The molecular formula is C48H32IrN4-2. The minimum atomic E-state index is 0. The summed E-state index contributed by atoms with van der Waals surface area (Å²) in [5, 5.41) is 2.53. The summed E-state index contributed by atoms with van der Waals surface area (Å²) in [6, 6.07) is 71.4. The average molecular weight is 857 g/mol. The molecule has 4 nitrogen and oxygen atoms in total. The molecule has 0 aliphatic carbocycles. The van der Waals surface area contributed by atoms with Crippen molar-refractivity contribution < 1.29 is 20.1 Å². The first-order valence-corrected chi connectivity index (χ1v) is 17.3. The van der Waals surface area contributed by atoms with E-state index in [1.165, 1.54) is 21.8 Å². The van der Waals surface area contributed by atoms with Gasteiger partial charge in [-0.1, -0.05) is 91.0 Å². The molecule has 1 radical (unpaired) electrons. The smallest absolute Gasteiger partial charge is 0.0774 e. The fourth-order valence-electron chi connectivity index (χ4n) is 6.92. The zero-order chi connectivity index (χ0) is 34.7. The number of fused-ring (bicyclic) bond motifs is 4. The molecule has 5 heteroatoms. The molecule has 0 bridgehead atoms. The van der Waals surface area contributed by atoms with Crippen LogP contribution in [0.4, 0.5) is 0 Å². The first-order valence-electron chi connectivity index (χ1n) is 17.3. The van der Waals surface area contributed by atoms with E-state index in [0.29, 0.717) is 0 Å². The van der Waals surface area contributed by atoms with Crippen molar-refractivity contribution in [3.05, 3.63) is 206 Å². The number of para-hydroxylation sites is 5. The second kappa shape index (κ2) is 15.1. The van der Waals surface area contributed by atoms with Gasteiger partial charge in [0.05, 0.1) is 27.9 Å². The van der Waals surface area contributed by atoms with Crippen LogP contribution in [0, 0.1) is 12.1 Å². The molecule has 10 rings (SSSR count). The van der Waals surface area contributed by atoms with Crippen molar-refractivity contribution in [1.29, 1.82) is 0 Å². The molecule has 0 aliphatic heterocycles. The summed E-state index contributed by atoms with van der Waals surface area (Å²) in [5.74, 6) is 0.882. The number of aromatic nitrogens is 4. The van der Waals surface area contributed by atoms with Crippen LogP contribution < -0.4 is 0 Å². The zero-order valence-corrected chi connectivity index (χ0v) is 31.0. The van der Waals surface area contributed by atoms with Crippen molar-refractivity contribution >= 4 is 32.8 Å². The van der Waals surface area contributed by atoms with Crippen molar-refractivity contribution in [2.24, 2.45) is 0 Å². The number of nitrogens with zero attached hydrogens (tertiary/aromatic N) is 4. The van der Waals surface area contributed by atoms with Crippen LogP contribution in [0.3, 0.4) is 0 Å². The van der Waals surface area contributed by atoms with E-state index in [2.05, 4.69) is 154 Å². The van der Waals surface area contributed by atoms with Gasteiger partial charge in [0, 0.05) is 48.4 Å². The van der Waals surface area contributed by atoms with Crippen molar-refractivity contribution in [3.8, 4) is 45.1 Å². The van der Waals surface area contributed by atoms with Crippen molar-refractivity contribution in [1.82, 2.24) is 19.1 Å². The molecule has 0 fully saturated rings. The van der Waals surface area contributed by atoms with Crippen LogP contribution in [0.25, 0.3) is 78.0 Å². The van der Waals surface area contributed by atoms with E-state index in [4.69, 9.17) is 4.98 Å². The van der Waals surface area contributed by atoms with Gasteiger partial charge in [-0.3, -0.25) is 4.98 Å². The average Bonchev–Trinajstić information content (AvgIpc) is 3.79. The molecule has 10 aromatic rings. The minimum Gasteiger partial charge on any atom is -0.333 e. The molecule has 0 unspecified atom stereocenters. The third-order valence-electron chi connectivity index (χ3n) is 9.29. The number of hydrogen-bond acceptors (Lipinski definition) is 2. The maximum absolute atomic E-state index is 5.05. The van der Waals surface area contributed by atoms with Gasteiger partial charge in [-0.05, 0) is 65.9 Å². The molecule has 0 N–H and O–H groups in total.